The number of carboxylic acid groups (broad SMARTS) is 1. The highest BCUT2D eigenvalue weighted by Crippen LogP contribution is 1.92. The van der Waals surface area contributed by atoms with Crippen molar-refractivity contribution in [2.45, 2.75) is 20.3 Å². The molecule has 0 aromatic rings. The lowest BCUT2D eigenvalue weighted by Gasteiger charge is -1.87. The first-order valence-electron chi connectivity index (χ1n) is 3.58. The Morgan fingerprint density at radius 3 is 2.00 bits per heavy atom. The lowest BCUT2D eigenvalue weighted by Crippen LogP contribution is -1.94. The van der Waals surface area contributed by atoms with Gasteiger partial charge in [-0.25, -0.2) is 4.79 Å². The van der Waals surface area contributed by atoms with Gasteiger partial charge in [-0.1, -0.05) is 13.0 Å². The topological polar surface area (TPSA) is 49.3 Å². The van der Waals surface area contributed by atoms with Crippen molar-refractivity contribution in [2.75, 3.05) is 14.1 Å². The lowest BCUT2D eigenvalue weighted by atomic mass is 10.2. The number of carboxylic acids is 1. The third-order valence-electron chi connectivity index (χ3n) is 0.848. The van der Waals surface area contributed by atoms with E-state index in [0.29, 0.717) is 5.57 Å². The van der Waals surface area contributed by atoms with Crippen molar-refractivity contribution >= 4 is 5.97 Å². The monoisotopic (exact) mass is 159 g/mol. The molecule has 0 aromatic carbocycles. The molecule has 0 atom stereocenters. The fourth-order valence-electron chi connectivity index (χ4n) is 0.393. The molecule has 0 spiro atoms. The van der Waals surface area contributed by atoms with E-state index in [-0.39, 0.29) is 0 Å². The quantitative estimate of drug-likeness (QED) is 0.596. The van der Waals surface area contributed by atoms with Crippen molar-refractivity contribution in [3.8, 4) is 0 Å². The van der Waals surface area contributed by atoms with E-state index in [1.807, 2.05) is 21.0 Å². The Balaban J connectivity index is 0. The van der Waals surface area contributed by atoms with Gasteiger partial charge in [0.25, 0.3) is 0 Å². The van der Waals surface area contributed by atoms with Crippen LogP contribution in [-0.2, 0) is 4.79 Å². The highest BCUT2D eigenvalue weighted by atomic mass is 16.4. The fraction of sp³-hybridized carbons (Fsp3) is 0.625. The molecule has 0 bridgehead atoms. The molecule has 0 fully saturated rings. The van der Waals surface area contributed by atoms with Crippen LogP contribution < -0.4 is 5.32 Å². The van der Waals surface area contributed by atoms with Crippen molar-refractivity contribution in [3.05, 3.63) is 11.6 Å². The minimum Gasteiger partial charge on any atom is -0.478 e. The van der Waals surface area contributed by atoms with E-state index < -0.39 is 5.97 Å². The van der Waals surface area contributed by atoms with Gasteiger partial charge >= 0.3 is 5.97 Å². The van der Waals surface area contributed by atoms with Gasteiger partial charge in [-0.3, -0.25) is 0 Å². The molecule has 0 radical (unpaired) electrons. The second-order valence-electron chi connectivity index (χ2n) is 2.10. The Morgan fingerprint density at radius 1 is 1.55 bits per heavy atom. The zero-order valence-corrected chi connectivity index (χ0v) is 7.64. The summed E-state index contributed by atoms with van der Waals surface area (Å²) in [4.78, 5) is 10.0. The third-order valence-corrected chi connectivity index (χ3v) is 0.848. The van der Waals surface area contributed by atoms with Crippen LogP contribution in [0.2, 0.25) is 0 Å². The Hall–Kier alpha value is -0.830. The predicted molar refractivity (Wildman–Crippen MR) is 46.7 cm³/mol. The molecule has 0 aliphatic heterocycles. The minimum atomic E-state index is -0.827. The van der Waals surface area contributed by atoms with Crippen LogP contribution in [0.15, 0.2) is 11.6 Å². The van der Waals surface area contributed by atoms with Crippen molar-refractivity contribution in [1.29, 1.82) is 0 Å². The maximum atomic E-state index is 10.0. The molecule has 0 unspecified atom stereocenters. The average molecular weight is 159 g/mol. The summed E-state index contributed by atoms with van der Waals surface area (Å²) < 4.78 is 0. The van der Waals surface area contributed by atoms with Crippen LogP contribution in [0.1, 0.15) is 20.3 Å². The number of carbonyl (C=O) groups is 1. The van der Waals surface area contributed by atoms with E-state index >= 15 is 0 Å². The van der Waals surface area contributed by atoms with Crippen molar-refractivity contribution in [3.63, 3.8) is 0 Å². The van der Waals surface area contributed by atoms with Crippen LogP contribution >= 0.6 is 0 Å². The van der Waals surface area contributed by atoms with Crippen LogP contribution in [0, 0.1) is 0 Å². The summed E-state index contributed by atoms with van der Waals surface area (Å²) in [7, 11) is 3.75. The largest absolute Gasteiger partial charge is 0.478 e. The summed E-state index contributed by atoms with van der Waals surface area (Å²) in [6.45, 7) is 3.50. The molecule has 0 heterocycles. The van der Waals surface area contributed by atoms with Gasteiger partial charge in [0.05, 0.1) is 0 Å². The molecule has 11 heavy (non-hydrogen) atoms. The van der Waals surface area contributed by atoms with Gasteiger partial charge in [-0.15, -0.1) is 0 Å². The molecule has 0 aliphatic carbocycles. The highest BCUT2D eigenvalue weighted by molar-refractivity contribution is 5.85. The molecule has 3 heteroatoms. The van der Waals surface area contributed by atoms with E-state index in [2.05, 4.69) is 5.32 Å². The number of nitrogens with one attached hydrogen (secondary N) is 1. The lowest BCUT2D eigenvalue weighted by molar-refractivity contribution is -0.132. The van der Waals surface area contributed by atoms with E-state index in [4.69, 9.17) is 5.11 Å². The molecule has 66 valence electrons. The summed E-state index contributed by atoms with van der Waals surface area (Å²) >= 11 is 0. The van der Waals surface area contributed by atoms with Crippen LogP contribution in [0.3, 0.4) is 0 Å². The van der Waals surface area contributed by atoms with E-state index in [9.17, 15) is 4.79 Å². The SMILES string of the molecule is CCC=C(C)C(=O)O.CNC. The van der Waals surface area contributed by atoms with Gasteiger partial charge in [0.1, 0.15) is 0 Å². The van der Waals surface area contributed by atoms with Crippen molar-refractivity contribution < 1.29 is 9.90 Å². The first-order valence-corrected chi connectivity index (χ1v) is 3.58. The van der Waals surface area contributed by atoms with Crippen LogP contribution in [-0.4, -0.2) is 25.2 Å². The molecule has 0 rings (SSSR count). The van der Waals surface area contributed by atoms with Crippen molar-refractivity contribution in [2.24, 2.45) is 0 Å². The predicted octanol–water partition coefficient (Wildman–Crippen LogP) is 1.26. The Bertz CT molecular complexity index is 130. The summed E-state index contributed by atoms with van der Waals surface area (Å²) in [5.41, 5.74) is 0.424. The molecular formula is C8H17NO2. The van der Waals surface area contributed by atoms with Crippen LogP contribution in [0.4, 0.5) is 0 Å². The molecule has 0 amide bonds. The standard InChI is InChI=1S/C6H10O2.C2H7N/c1-3-4-5(2)6(7)8;1-3-2/h4H,3H2,1-2H3,(H,7,8);3H,1-2H3. The minimum absolute atomic E-state index is 0.424. The maximum Gasteiger partial charge on any atom is 0.330 e. The van der Waals surface area contributed by atoms with Gasteiger partial charge in [-0.2, -0.15) is 0 Å². The van der Waals surface area contributed by atoms with Gasteiger partial charge in [0, 0.05) is 5.57 Å². The summed E-state index contributed by atoms with van der Waals surface area (Å²) in [5.74, 6) is -0.827. The van der Waals surface area contributed by atoms with Crippen molar-refractivity contribution in [1.82, 2.24) is 5.32 Å². The zero-order chi connectivity index (χ0) is 9.28. The number of hydrogen-bond donors (Lipinski definition) is 2. The first-order chi connectivity index (χ1) is 5.09. The number of aliphatic carboxylic acids is 1. The van der Waals surface area contributed by atoms with Gasteiger partial charge in [-0.05, 0) is 27.4 Å². The second kappa shape index (κ2) is 9.17. The summed E-state index contributed by atoms with van der Waals surface area (Å²) in [5, 5.41) is 11.0. The second-order valence-corrected chi connectivity index (χ2v) is 2.10. The van der Waals surface area contributed by atoms with Gasteiger partial charge < -0.3 is 10.4 Å². The van der Waals surface area contributed by atoms with E-state index in [1.165, 1.54) is 0 Å². The maximum absolute atomic E-state index is 10.0. The van der Waals surface area contributed by atoms with Crippen LogP contribution in [0.5, 0.6) is 0 Å². The van der Waals surface area contributed by atoms with Gasteiger partial charge in [0.2, 0.25) is 0 Å². The van der Waals surface area contributed by atoms with E-state index in [1.54, 1.807) is 13.0 Å². The third kappa shape index (κ3) is 12.4. The van der Waals surface area contributed by atoms with E-state index in [0.717, 1.165) is 6.42 Å². The normalized spacial score (nSPS) is 10.0. The average Bonchev–Trinajstić information content (AvgIpc) is 1.90. The number of allylic oxidation sites excluding steroid dienone is 1. The van der Waals surface area contributed by atoms with Crippen LogP contribution in [0.25, 0.3) is 0 Å². The smallest absolute Gasteiger partial charge is 0.330 e. The molecular weight excluding hydrogens is 142 g/mol. The zero-order valence-electron chi connectivity index (χ0n) is 7.64. The molecule has 2 N–H and O–H groups in total. The summed E-state index contributed by atoms with van der Waals surface area (Å²) in [6.07, 6.45) is 2.47. The number of rotatable bonds is 2. The molecule has 3 nitrogen and oxygen atoms in total. The molecule has 0 aliphatic rings. The summed E-state index contributed by atoms with van der Waals surface area (Å²) in [6, 6.07) is 0. The fourth-order valence-corrected chi connectivity index (χ4v) is 0.393. The molecule has 0 saturated carbocycles. The van der Waals surface area contributed by atoms with Gasteiger partial charge in [0.15, 0.2) is 0 Å². The Kier molecular flexibility index (Phi) is 10.7. The highest BCUT2D eigenvalue weighted by Gasteiger charge is 1.94. The Labute approximate surface area is 68.1 Å². The first kappa shape index (κ1) is 12.8. The number of hydrogen-bond acceptors (Lipinski definition) is 2. The molecule has 0 aromatic heterocycles. The molecule has 0 saturated heterocycles. The Morgan fingerprint density at radius 2 is 1.91 bits per heavy atom.